The van der Waals surface area contributed by atoms with Crippen molar-refractivity contribution in [3.8, 4) is 5.75 Å². The average molecular weight is 742 g/mol. The van der Waals surface area contributed by atoms with Crippen LogP contribution in [0.4, 0.5) is 16.2 Å². The average Bonchev–Trinajstić information content (AvgIpc) is 3.40. The first-order valence-electron chi connectivity index (χ1n) is 16.9. The number of Topliss-reactive ketones (excluding diaryl/α,β-unsaturated/α-hetero) is 2. The second-order valence-corrected chi connectivity index (χ2v) is 13.8. The quantitative estimate of drug-likeness (QED) is 0.140. The van der Waals surface area contributed by atoms with E-state index in [1.807, 2.05) is 6.92 Å². The number of amides is 3. The van der Waals surface area contributed by atoms with Crippen LogP contribution in [0.2, 0.25) is 0 Å². The maximum atomic E-state index is 14.3. The molecule has 0 saturated carbocycles. The van der Waals surface area contributed by atoms with E-state index in [9.17, 15) is 49.2 Å². The van der Waals surface area contributed by atoms with Crippen LogP contribution >= 0.6 is 0 Å². The molecule has 0 bridgehead atoms. The number of nitrogens with two attached hydrogens (primary N) is 1. The van der Waals surface area contributed by atoms with Crippen LogP contribution in [0.15, 0.2) is 42.4 Å². The van der Waals surface area contributed by atoms with Crippen molar-refractivity contribution in [3.05, 3.63) is 62.0 Å². The molecule has 3 amide bonds. The molecule has 5 rings (SSSR count). The maximum Gasteiger partial charge on any atom is 0.519 e. The van der Waals surface area contributed by atoms with Gasteiger partial charge >= 0.3 is 11.9 Å². The monoisotopic (exact) mass is 741 g/mol. The number of aryl methyl sites for hydroxylation is 1. The molecule has 7 N–H and O–H groups in total. The third-order valence-electron chi connectivity index (χ3n) is 9.99. The first-order valence-corrected chi connectivity index (χ1v) is 16.9. The van der Waals surface area contributed by atoms with E-state index in [1.54, 1.807) is 33.1 Å². The summed E-state index contributed by atoms with van der Waals surface area (Å²) in [6.45, 7) is 2.49. The molecule has 2 unspecified atom stereocenters. The lowest BCUT2D eigenvalue weighted by Crippen LogP contribution is -2.63. The maximum absolute atomic E-state index is 14.3. The van der Waals surface area contributed by atoms with E-state index < -0.39 is 94.8 Å². The number of hydrogen-bond acceptors (Lipinski definition) is 15. The summed E-state index contributed by atoms with van der Waals surface area (Å²) in [4.78, 5) is 82.1. The van der Waals surface area contributed by atoms with E-state index in [0.717, 1.165) is 4.90 Å². The molecule has 0 aliphatic heterocycles. The van der Waals surface area contributed by atoms with Crippen molar-refractivity contribution in [3.63, 3.8) is 0 Å². The summed E-state index contributed by atoms with van der Waals surface area (Å²) in [5.74, 6) is -9.56. The molecule has 1 heterocycles. The number of carbonyl (C=O) groups is 5. The van der Waals surface area contributed by atoms with Gasteiger partial charge in [-0.1, -0.05) is 13.3 Å². The Hall–Kier alpha value is -5.62. The molecule has 286 valence electrons. The van der Waals surface area contributed by atoms with Crippen LogP contribution < -0.4 is 21.8 Å². The molecule has 3 aliphatic carbocycles. The van der Waals surface area contributed by atoms with Gasteiger partial charge in [0, 0.05) is 37.8 Å². The van der Waals surface area contributed by atoms with Crippen LogP contribution in [0.3, 0.4) is 0 Å². The number of hydrogen-bond donors (Lipinski definition) is 6. The van der Waals surface area contributed by atoms with Gasteiger partial charge in [-0.25, -0.2) is 9.59 Å². The molecule has 18 nitrogen and oxygen atoms in total. The fourth-order valence-corrected chi connectivity index (χ4v) is 7.47. The highest BCUT2D eigenvalue weighted by Crippen LogP contribution is 2.54. The van der Waals surface area contributed by atoms with E-state index in [4.69, 9.17) is 19.3 Å². The third kappa shape index (κ3) is 6.63. The zero-order chi connectivity index (χ0) is 39.3. The highest BCUT2D eigenvalue weighted by atomic mass is 16.6. The standard InChI is InChI=1S/C35H43N5O13/c1-7-8-9-40(33(48)51-14-21-15(2)52-34(49)53-21)13-22(41)37-19-12-20(38(3)4)17-10-16-11-18-26(39(5)6)29(44)25(32(36)47)31(46)35(18,50)30(45)23(16)28(43)24(17)27(19)42/h12,16,18,26,42,44-45,50H,7-11,13-14H2,1-6H3,(H2,36,47)(H,37,41)/t16?,18?,26-,35-/m0/s1. The molecular weight excluding hydrogens is 698 g/mol. The van der Waals surface area contributed by atoms with Crippen LogP contribution in [0, 0.1) is 18.8 Å². The van der Waals surface area contributed by atoms with E-state index in [-0.39, 0.29) is 47.7 Å². The smallest absolute Gasteiger partial charge is 0.510 e. The molecule has 0 radical (unpaired) electrons. The molecule has 0 saturated heterocycles. The second kappa shape index (κ2) is 14.4. The Morgan fingerprint density at radius 3 is 2.34 bits per heavy atom. The molecule has 4 atom stereocenters. The van der Waals surface area contributed by atoms with E-state index in [1.165, 1.54) is 17.9 Å². The van der Waals surface area contributed by atoms with Gasteiger partial charge in [0.2, 0.25) is 11.7 Å². The molecule has 2 aromatic rings. The minimum atomic E-state index is -2.81. The minimum Gasteiger partial charge on any atom is -0.510 e. The van der Waals surface area contributed by atoms with Crippen molar-refractivity contribution >= 4 is 40.8 Å². The van der Waals surface area contributed by atoms with Crippen LogP contribution in [0.25, 0.3) is 0 Å². The summed E-state index contributed by atoms with van der Waals surface area (Å²) in [5, 5.41) is 48.6. The molecule has 1 aromatic heterocycles. The zero-order valence-corrected chi connectivity index (χ0v) is 30.1. The topological polar surface area (TPSA) is 267 Å². The van der Waals surface area contributed by atoms with Crippen LogP contribution in [-0.4, -0.2) is 113 Å². The number of benzene rings is 1. The highest BCUT2D eigenvalue weighted by Gasteiger charge is 2.63. The van der Waals surface area contributed by atoms with Crippen molar-refractivity contribution < 1.29 is 58.0 Å². The Kier molecular flexibility index (Phi) is 10.5. The number of aromatic hydroxyl groups is 1. The number of phenolic OH excluding ortho intramolecular Hbond substituents is 1. The van der Waals surface area contributed by atoms with Gasteiger partial charge in [-0.05, 0) is 57.8 Å². The number of nitrogens with one attached hydrogen (secondary N) is 1. The number of aliphatic hydroxyl groups is 3. The first kappa shape index (κ1) is 38.6. The van der Waals surface area contributed by atoms with Crippen molar-refractivity contribution in [2.75, 3.05) is 51.5 Å². The van der Waals surface area contributed by atoms with Crippen molar-refractivity contribution in [1.82, 2.24) is 9.80 Å². The lowest BCUT2D eigenvalue weighted by molar-refractivity contribution is -0.148. The van der Waals surface area contributed by atoms with Crippen LogP contribution in [-0.2, 0) is 32.1 Å². The number of ether oxygens (including phenoxy) is 1. The fraction of sp³-hybridized carbons (Fsp3) is 0.486. The van der Waals surface area contributed by atoms with Crippen LogP contribution in [0.5, 0.6) is 5.75 Å². The molecule has 53 heavy (non-hydrogen) atoms. The largest absolute Gasteiger partial charge is 0.519 e. The third-order valence-corrected chi connectivity index (χ3v) is 9.99. The summed E-state index contributed by atoms with van der Waals surface area (Å²) in [7, 11) is 6.43. The van der Waals surface area contributed by atoms with E-state index in [0.29, 0.717) is 24.1 Å². The van der Waals surface area contributed by atoms with E-state index >= 15 is 0 Å². The Bertz CT molecular complexity index is 2010. The van der Waals surface area contributed by atoms with Gasteiger partial charge in [-0.15, -0.1) is 0 Å². The van der Waals surface area contributed by atoms with Gasteiger partial charge < -0.3 is 49.9 Å². The van der Waals surface area contributed by atoms with Crippen molar-refractivity contribution in [2.45, 2.75) is 57.8 Å². The summed E-state index contributed by atoms with van der Waals surface area (Å²) in [5.41, 5.74) is 1.60. The predicted molar refractivity (Wildman–Crippen MR) is 185 cm³/mol. The van der Waals surface area contributed by atoms with Gasteiger partial charge in [0.25, 0.3) is 5.91 Å². The highest BCUT2D eigenvalue weighted by molar-refractivity contribution is 6.25. The normalized spacial score (nSPS) is 22.3. The number of nitrogens with zero attached hydrogens (tertiary/aromatic N) is 3. The van der Waals surface area contributed by atoms with Crippen molar-refractivity contribution in [1.29, 1.82) is 0 Å². The van der Waals surface area contributed by atoms with Gasteiger partial charge in [0.05, 0.1) is 17.3 Å². The number of allylic oxidation sites excluding steroid dienone is 1. The number of ketones is 2. The lowest BCUT2D eigenvalue weighted by atomic mass is 9.58. The summed E-state index contributed by atoms with van der Waals surface area (Å²) in [6, 6.07) is 0.315. The Labute approximate surface area is 303 Å². The first-order chi connectivity index (χ1) is 24.8. The van der Waals surface area contributed by atoms with Crippen LogP contribution in [0.1, 0.15) is 53.6 Å². The number of fused-ring (bicyclic) bond motifs is 3. The molecule has 3 aliphatic rings. The SMILES string of the molecule is CCCCN(CC(=O)Nc1cc(N(C)C)c2c(c1O)C(=O)C1=C(O)[C@]3(O)C(=O)C(C(N)=O)=C(O)[C@@H](N(C)C)C3CC1C2)C(=O)OCc1oc(=O)oc1C. The van der Waals surface area contributed by atoms with Gasteiger partial charge in [0.15, 0.2) is 35.3 Å². The summed E-state index contributed by atoms with van der Waals surface area (Å²) in [6.07, 6.45) is 0.231. The minimum absolute atomic E-state index is 0.000365. The fourth-order valence-electron chi connectivity index (χ4n) is 7.47. The number of likely N-dealkylation sites (N-methyl/N-ethyl adjacent to an activating group) is 1. The lowest BCUT2D eigenvalue weighted by Gasteiger charge is -2.50. The number of unbranched alkanes of at least 4 members (excludes halogenated alkanes) is 1. The number of phenols is 1. The second-order valence-electron chi connectivity index (χ2n) is 13.8. The number of rotatable bonds is 11. The van der Waals surface area contributed by atoms with Gasteiger partial charge in [-0.3, -0.25) is 29.0 Å². The molecule has 0 spiro atoms. The van der Waals surface area contributed by atoms with Crippen molar-refractivity contribution in [2.24, 2.45) is 17.6 Å². The molecular formula is C35H43N5O13. The number of carbonyl (C=O) groups excluding carboxylic acids is 5. The van der Waals surface area contributed by atoms with E-state index in [2.05, 4.69) is 5.32 Å². The van der Waals surface area contributed by atoms with Gasteiger partial charge in [-0.2, -0.15) is 0 Å². The Morgan fingerprint density at radius 2 is 1.77 bits per heavy atom. The zero-order valence-electron chi connectivity index (χ0n) is 30.1. The molecule has 0 fully saturated rings. The molecule has 18 heteroatoms. The van der Waals surface area contributed by atoms with Gasteiger partial charge in [0.1, 0.15) is 23.6 Å². The Morgan fingerprint density at radius 1 is 1.09 bits per heavy atom. The number of primary amides is 1. The Balaban J connectivity index is 1.49. The number of aliphatic hydroxyl groups excluding tert-OH is 2. The molecule has 1 aromatic carbocycles. The number of anilines is 2. The predicted octanol–water partition coefficient (Wildman–Crippen LogP) is 1.42. The summed E-state index contributed by atoms with van der Waals surface area (Å²) >= 11 is 0. The summed E-state index contributed by atoms with van der Waals surface area (Å²) < 4.78 is 14.9.